The molecule has 1 aromatic heterocycles. The van der Waals surface area contributed by atoms with Gasteiger partial charge in [-0.25, -0.2) is 0 Å². The molecule has 0 radical (unpaired) electrons. The van der Waals surface area contributed by atoms with Crippen molar-refractivity contribution in [1.82, 2.24) is 10.3 Å². The van der Waals surface area contributed by atoms with Gasteiger partial charge in [0.2, 0.25) is 0 Å². The highest BCUT2D eigenvalue weighted by Gasteiger charge is 2.16. The molecule has 3 aromatic rings. The summed E-state index contributed by atoms with van der Waals surface area (Å²) in [6, 6.07) is 13.1. The van der Waals surface area contributed by atoms with Gasteiger partial charge in [-0.15, -0.1) is 12.4 Å². The van der Waals surface area contributed by atoms with E-state index in [1.54, 1.807) is 0 Å². The maximum atomic E-state index is 6.02. The van der Waals surface area contributed by atoms with Crippen molar-refractivity contribution in [2.45, 2.75) is 39.5 Å². The quantitative estimate of drug-likeness (QED) is 0.613. The number of H-pyrrole nitrogens is 1. The maximum Gasteiger partial charge on any atom is 0.122 e. The molecule has 4 rings (SSSR count). The monoisotopic (exact) mass is 384 g/mol. The van der Waals surface area contributed by atoms with Gasteiger partial charge in [0.05, 0.1) is 6.61 Å². The molecule has 0 fully saturated rings. The van der Waals surface area contributed by atoms with Gasteiger partial charge in [0, 0.05) is 29.6 Å². The van der Waals surface area contributed by atoms with Gasteiger partial charge in [0.15, 0.2) is 0 Å². The summed E-state index contributed by atoms with van der Waals surface area (Å²) in [5.74, 6) is 1.01. The summed E-state index contributed by atoms with van der Waals surface area (Å²) in [7, 11) is 0. The maximum absolute atomic E-state index is 6.02. The molecule has 4 heteroatoms. The van der Waals surface area contributed by atoms with Crippen LogP contribution in [0.15, 0.2) is 36.4 Å². The van der Waals surface area contributed by atoms with Gasteiger partial charge in [0.25, 0.3) is 0 Å². The average molecular weight is 385 g/mol. The van der Waals surface area contributed by atoms with E-state index in [1.165, 1.54) is 38.9 Å². The van der Waals surface area contributed by atoms with Crippen molar-refractivity contribution < 1.29 is 4.74 Å². The first-order chi connectivity index (χ1) is 12.7. The van der Waals surface area contributed by atoms with Gasteiger partial charge >= 0.3 is 0 Å². The Labute approximate surface area is 167 Å². The second-order valence-corrected chi connectivity index (χ2v) is 7.39. The van der Waals surface area contributed by atoms with Crippen molar-refractivity contribution in [2.75, 3.05) is 19.7 Å². The summed E-state index contributed by atoms with van der Waals surface area (Å²) in [6.07, 6.45) is 4.30. The first kappa shape index (κ1) is 19.8. The number of hydrogen-bond acceptors (Lipinski definition) is 2. The van der Waals surface area contributed by atoms with E-state index in [4.69, 9.17) is 4.74 Å². The van der Waals surface area contributed by atoms with Gasteiger partial charge in [-0.3, -0.25) is 0 Å². The molecule has 1 aliphatic heterocycles. The number of benzene rings is 2. The Morgan fingerprint density at radius 1 is 1.04 bits per heavy atom. The van der Waals surface area contributed by atoms with Crippen molar-refractivity contribution >= 4 is 23.3 Å². The lowest BCUT2D eigenvalue weighted by Crippen LogP contribution is -2.16. The molecule has 0 bridgehead atoms. The Morgan fingerprint density at radius 2 is 1.89 bits per heavy atom. The SMILES string of the molecule is Cc1ccc(OCCCc2cccc3[nH]c4c(c23)CCNCC4)c(C)c1.Cl. The van der Waals surface area contributed by atoms with Crippen LogP contribution in [0.5, 0.6) is 5.75 Å². The van der Waals surface area contributed by atoms with Crippen LogP contribution in [0.2, 0.25) is 0 Å². The van der Waals surface area contributed by atoms with E-state index >= 15 is 0 Å². The van der Waals surface area contributed by atoms with Crippen molar-refractivity contribution in [1.29, 1.82) is 0 Å². The van der Waals surface area contributed by atoms with E-state index in [2.05, 4.69) is 60.5 Å². The molecule has 0 aliphatic carbocycles. The van der Waals surface area contributed by atoms with Gasteiger partial charge in [0.1, 0.15) is 5.75 Å². The second-order valence-electron chi connectivity index (χ2n) is 7.39. The van der Waals surface area contributed by atoms with E-state index in [0.29, 0.717) is 0 Å². The predicted octanol–water partition coefficient (Wildman–Crippen LogP) is 4.91. The molecule has 2 heterocycles. The Kier molecular flexibility index (Phi) is 6.46. The number of aromatic amines is 1. The molecule has 2 N–H and O–H groups in total. The van der Waals surface area contributed by atoms with Crippen LogP contribution in [-0.2, 0) is 19.3 Å². The lowest BCUT2D eigenvalue weighted by Gasteiger charge is -2.10. The number of halogens is 1. The number of hydrogen-bond donors (Lipinski definition) is 2. The zero-order valence-electron chi connectivity index (χ0n) is 16.2. The zero-order chi connectivity index (χ0) is 17.9. The smallest absolute Gasteiger partial charge is 0.122 e. The Balaban J connectivity index is 0.00000210. The summed E-state index contributed by atoms with van der Waals surface area (Å²) in [5, 5.41) is 4.96. The summed E-state index contributed by atoms with van der Waals surface area (Å²) in [6.45, 7) is 7.14. The highest BCUT2D eigenvalue weighted by atomic mass is 35.5. The molecular formula is C23H29ClN2O. The second kappa shape index (κ2) is 8.81. The average Bonchev–Trinajstić information content (AvgIpc) is 2.82. The van der Waals surface area contributed by atoms with E-state index in [9.17, 15) is 0 Å². The molecule has 2 aromatic carbocycles. The molecule has 0 saturated heterocycles. The fourth-order valence-electron chi connectivity index (χ4n) is 4.10. The van der Waals surface area contributed by atoms with Crippen molar-refractivity contribution in [3.8, 4) is 5.75 Å². The summed E-state index contributed by atoms with van der Waals surface area (Å²) < 4.78 is 6.02. The number of fused-ring (bicyclic) bond motifs is 3. The molecule has 0 unspecified atom stereocenters. The van der Waals surface area contributed by atoms with E-state index in [0.717, 1.165) is 51.1 Å². The molecule has 0 atom stereocenters. The van der Waals surface area contributed by atoms with Gasteiger partial charge in [-0.05, 0) is 68.5 Å². The van der Waals surface area contributed by atoms with Crippen molar-refractivity contribution in [3.05, 3.63) is 64.3 Å². The molecular weight excluding hydrogens is 356 g/mol. The van der Waals surface area contributed by atoms with Crippen LogP contribution in [0.1, 0.15) is 34.4 Å². The molecule has 1 aliphatic rings. The predicted molar refractivity (Wildman–Crippen MR) is 116 cm³/mol. The molecule has 144 valence electrons. The van der Waals surface area contributed by atoms with Crippen LogP contribution in [0.3, 0.4) is 0 Å². The van der Waals surface area contributed by atoms with Crippen LogP contribution in [-0.4, -0.2) is 24.7 Å². The highest BCUT2D eigenvalue weighted by Crippen LogP contribution is 2.28. The van der Waals surface area contributed by atoms with Gasteiger partial charge in [-0.1, -0.05) is 29.8 Å². The Bertz CT molecular complexity index is 916. The Hall–Kier alpha value is -1.97. The minimum atomic E-state index is 0. The highest BCUT2D eigenvalue weighted by molar-refractivity contribution is 5.88. The summed E-state index contributed by atoms with van der Waals surface area (Å²) in [5.41, 5.74) is 8.19. The molecule has 3 nitrogen and oxygen atoms in total. The number of aryl methyl sites for hydroxylation is 3. The first-order valence-corrected chi connectivity index (χ1v) is 9.74. The summed E-state index contributed by atoms with van der Waals surface area (Å²) >= 11 is 0. The van der Waals surface area contributed by atoms with E-state index in [1.807, 2.05) is 0 Å². The summed E-state index contributed by atoms with van der Waals surface area (Å²) in [4.78, 5) is 3.65. The topological polar surface area (TPSA) is 37.0 Å². The van der Waals surface area contributed by atoms with Crippen LogP contribution in [0.25, 0.3) is 10.9 Å². The number of rotatable bonds is 5. The van der Waals surface area contributed by atoms with Crippen molar-refractivity contribution in [2.24, 2.45) is 0 Å². The minimum absolute atomic E-state index is 0. The number of nitrogens with one attached hydrogen (secondary N) is 2. The third-order valence-electron chi connectivity index (χ3n) is 5.38. The van der Waals surface area contributed by atoms with Gasteiger partial charge in [-0.2, -0.15) is 0 Å². The number of aromatic nitrogens is 1. The molecule has 0 amide bonds. The number of ether oxygens (including phenoxy) is 1. The zero-order valence-corrected chi connectivity index (χ0v) is 17.0. The Morgan fingerprint density at radius 3 is 2.74 bits per heavy atom. The third-order valence-corrected chi connectivity index (χ3v) is 5.38. The van der Waals surface area contributed by atoms with E-state index < -0.39 is 0 Å². The van der Waals surface area contributed by atoms with Crippen LogP contribution in [0.4, 0.5) is 0 Å². The van der Waals surface area contributed by atoms with E-state index in [-0.39, 0.29) is 12.4 Å². The minimum Gasteiger partial charge on any atom is -0.493 e. The lowest BCUT2D eigenvalue weighted by molar-refractivity contribution is 0.309. The lowest BCUT2D eigenvalue weighted by atomic mass is 9.99. The normalized spacial score (nSPS) is 13.7. The third kappa shape index (κ3) is 4.31. The van der Waals surface area contributed by atoms with Crippen LogP contribution >= 0.6 is 12.4 Å². The van der Waals surface area contributed by atoms with Gasteiger partial charge < -0.3 is 15.0 Å². The molecule has 0 spiro atoms. The van der Waals surface area contributed by atoms with Crippen LogP contribution < -0.4 is 10.1 Å². The van der Waals surface area contributed by atoms with Crippen LogP contribution in [0, 0.1) is 13.8 Å². The molecule has 27 heavy (non-hydrogen) atoms. The first-order valence-electron chi connectivity index (χ1n) is 9.74. The standard InChI is InChI=1S/C23H28N2O.ClH/c1-16-8-9-22(17(2)15-16)26-14-4-6-18-5-3-7-21-23(18)19-10-12-24-13-11-20(19)25-21;/h3,5,7-9,15,24-25H,4,6,10-14H2,1-2H3;1H. The fraction of sp³-hybridized carbons (Fsp3) is 0.391. The molecule has 0 saturated carbocycles. The largest absolute Gasteiger partial charge is 0.493 e. The van der Waals surface area contributed by atoms with Crippen molar-refractivity contribution in [3.63, 3.8) is 0 Å². The fourth-order valence-corrected chi connectivity index (χ4v) is 4.10.